The van der Waals surface area contributed by atoms with Crippen LogP contribution in [0.3, 0.4) is 0 Å². The maximum Gasteiger partial charge on any atom is 0.341 e. The zero-order chi connectivity index (χ0) is 12.0. The molecule has 0 fully saturated rings. The molecular formula is C12H14O4. The molecule has 0 aliphatic carbocycles. The van der Waals surface area contributed by atoms with Gasteiger partial charge in [0.25, 0.3) is 0 Å². The largest absolute Gasteiger partial charge is 0.503 e. The summed E-state index contributed by atoms with van der Waals surface area (Å²) in [5.41, 5.74) is 1.55. The van der Waals surface area contributed by atoms with Crippen molar-refractivity contribution in [2.24, 2.45) is 0 Å². The summed E-state index contributed by atoms with van der Waals surface area (Å²) >= 11 is 0. The summed E-state index contributed by atoms with van der Waals surface area (Å²) in [5, 5.41) is 9.17. The van der Waals surface area contributed by atoms with Crippen molar-refractivity contribution >= 4 is 11.5 Å². The van der Waals surface area contributed by atoms with Gasteiger partial charge in [-0.05, 0) is 11.1 Å². The average Bonchev–Trinajstić information content (AvgIpc) is 2.35. The first-order valence-electron chi connectivity index (χ1n) is 4.75. The molecule has 0 aromatic heterocycles. The van der Waals surface area contributed by atoms with E-state index in [4.69, 9.17) is 9.84 Å². The third-order valence-corrected chi connectivity index (χ3v) is 2.12. The van der Waals surface area contributed by atoms with Crippen molar-refractivity contribution < 1.29 is 19.4 Å². The highest BCUT2D eigenvalue weighted by Crippen LogP contribution is 2.20. The van der Waals surface area contributed by atoms with E-state index in [-0.39, 0.29) is 12.2 Å². The Morgan fingerprint density at radius 1 is 1.38 bits per heavy atom. The predicted molar refractivity (Wildman–Crippen MR) is 59.4 cm³/mol. The van der Waals surface area contributed by atoms with Crippen LogP contribution in [0, 0.1) is 0 Å². The Kier molecular flexibility index (Phi) is 4.54. The molecule has 0 bridgehead atoms. The number of methoxy groups -OCH3 is 2. The zero-order valence-corrected chi connectivity index (χ0v) is 9.27. The molecular weight excluding hydrogens is 208 g/mol. The highest BCUT2D eigenvalue weighted by molar-refractivity contribution is 6.16. The Morgan fingerprint density at radius 2 is 2.06 bits per heavy atom. The SMILES string of the molecule is CO/C=C(/C(=O)OC)c1ccccc1CO. The molecule has 0 aliphatic heterocycles. The van der Waals surface area contributed by atoms with Gasteiger partial charge in [-0.1, -0.05) is 24.3 Å². The van der Waals surface area contributed by atoms with Gasteiger partial charge in [0, 0.05) is 0 Å². The lowest BCUT2D eigenvalue weighted by atomic mass is 10.0. The van der Waals surface area contributed by atoms with Crippen LogP contribution in [0.15, 0.2) is 30.5 Å². The van der Waals surface area contributed by atoms with Crippen LogP contribution in [-0.4, -0.2) is 25.3 Å². The predicted octanol–water partition coefficient (Wildman–Crippen LogP) is 1.34. The van der Waals surface area contributed by atoms with Gasteiger partial charge in [0.05, 0.1) is 27.1 Å². The molecule has 0 saturated carbocycles. The summed E-state index contributed by atoms with van der Waals surface area (Å²) in [7, 11) is 2.75. The van der Waals surface area contributed by atoms with Crippen molar-refractivity contribution in [1.82, 2.24) is 0 Å². The summed E-state index contributed by atoms with van der Waals surface area (Å²) in [6.45, 7) is -0.145. The number of esters is 1. The van der Waals surface area contributed by atoms with Gasteiger partial charge in [0.1, 0.15) is 5.57 Å². The normalized spacial score (nSPS) is 11.1. The van der Waals surface area contributed by atoms with E-state index in [1.807, 2.05) is 0 Å². The molecule has 1 N–H and O–H groups in total. The van der Waals surface area contributed by atoms with Gasteiger partial charge in [0.2, 0.25) is 0 Å². The lowest BCUT2D eigenvalue weighted by molar-refractivity contribution is -0.133. The molecule has 0 aliphatic rings. The van der Waals surface area contributed by atoms with Crippen LogP contribution in [0.1, 0.15) is 11.1 Å². The number of hydrogen-bond donors (Lipinski definition) is 1. The molecule has 0 atom stereocenters. The summed E-state index contributed by atoms with van der Waals surface area (Å²) in [4.78, 5) is 11.5. The standard InChI is InChI=1S/C12H14O4/c1-15-8-11(12(14)16-2)10-6-4-3-5-9(10)7-13/h3-6,8,13H,7H2,1-2H3/b11-8+. The molecule has 1 aromatic rings. The van der Waals surface area contributed by atoms with Gasteiger partial charge < -0.3 is 14.6 Å². The average molecular weight is 222 g/mol. The van der Waals surface area contributed by atoms with E-state index in [9.17, 15) is 4.79 Å². The van der Waals surface area contributed by atoms with E-state index < -0.39 is 5.97 Å². The molecule has 0 unspecified atom stereocenters. The fraction of sp³-hybridized carbons (Fsp3) is 0.250. The number of aliphatic hydroxyl groups excluding tert-OH is 1. The molecule has 16 heavy (non-hydrogen) atoms. The van der Waals surface area contributed by atoms with E-state index in [1.54, 1.807) is 24.3 Å². The quantitative estimate of drug-likeness (QED) is 0.474. The molecule has 0 heterocycles. The summed E-state index contributed by atoms with van der Waals surface area (Å²) in [6, 6.07) is 7.03. The van der Waals surface area contributed by atoms with Gasteiger partial charge in [-0.2, -0.15) is 0 Å². The van der Waals surface area contributed by atoms with E-state index in [1.165, 1.54) is 20.5 Å². The number of carbonyl (C=O) groups excluding carboxylic acids is 1. The highest BCUT2D eigenvalue weighted by atomic mass is 16.5. The lowest BCUT2D eigenvalue weighted by Gasteiger charge is -2.09. The van der Waals surface area contributed by atoms with Gasteiger partial charge in [0.15, 0.2) is 0 Å². The van der Waals surface area contributed by atoms with Gasteiger partial charge in [-0.25, -0.2) is 4.79 Å². The first-order chi connectivity index (χ1) is 7.74. The fourth-order valence-corrected chi connectivity index (χ4v) is 1.37. The third kappa shape index (κ3) is 2.61. The van der Waals surface area contributed by atoms with Crippen molar-refractivity contribution in [1.29, 1.82) is 0 Å². The molecule has 86 valence electrons. The summed E-state index contributed by atoms with van der Waals surface area (Å²) < 4.78 is 9.49. The number of benzene rings is 1. The van der Waals surface area contributed by atoms with Crippen LogP contribution >= 0.6 is 0 Å². The maximum atomic E-state index is 11.5. The second kappa shape index (κ2) is 5.92. The van der Waals surface area contributed by atoms with Crippen LogP contribution in [0.5, 0.6) is 0 Å². The topological polar surface area (TPSA) is 55.8 Å². The molecule has 0 amide bonds. The molecule has 1 rings (SSSR count). The first-order valence-corrected chi connectivity index (χ1v) is 4.75. The summed E-state index contributed by atoms with van der Waals surface area (Å²) in [5.74, 6) is -0.497. The monoisotopic (exact) mass is 222 g/mol. The second-order valence-electron chi connectivity index (χ2n) is 3.07. The molecule has 0 saturated heterocycles. The Bertz CT molecular complexity index is 396. The number of carbonyl (C=O) groups is 1. The highest BCUT2D eigenvalue weighted by Gasteiger charge is 2.15. The number of aliphatic hydroxyl groups is 1. The second-order valence-corrected chi connectivity index (χ2v) is 3.07. The molecule has 4 nitrogen and oxygen atoms in total. The Labute approximate surface area is 94.1 Å². The fourth-order valence-electron chi connectivity index (χ4n) is 1.37. The van der Waals surface area contributed by atoms with Crippen LogP contribution in [-0.2, 0) is 20.9 Å². The van der Waals surface area contributed by atoms with Gasteiger partial charge >= 0.3 is 5.97 Å². The Hall–Kier alpha value is -1.81. The van der Waals surface area contributed by atoms with Gasteiger partial charge in [-0.3, -0.25) is 0 Å². The van der Waals surface area contributed by atoms with Crippen LogP contribution in [0.25, 0.3) is 5.57 Å². The minimum atomic E-state index is -0.497. The zero-order valence-electron chi connectivity index (χ0n) is 9.27. The van der Waals surface area contributed by atoms with Crippen LogP contribution < -0.4 is 0 Å². The smallest absolute Gasteiger partial charge is 0.341 e. The lowest BCUT2D eigenvalue weighted by Crippen LogP contribution is -2.06. The van der Waals surface area contributed by atoms with Crippen molar-refractivity contribution in [3.05, 3.63) is 41.7 Å². The first kappa shape index (κ1) is 12.3. The van der Waals surface area contributed by atoms with Crippen molar-refractivity contribution in [3.8, 4) is 0 Å². The molecule has 4 heteroatoms. The van der Waals surface area contributed by atoms with Crippen LogP contribution in [0.4, 0.5) is 0 Å². The number of ether oxygens (including phenoxy) is 2. The molecule has 1 aromatic carbocycles. The van der Waals surface area contributed by atoms with E-state index in [0.29, 0.717) is 11.1 Å². The molecule has 0 radical (unpaired) electrons. The molecule has 0 spiro atoms. The van der Waals surface area contributed by atoms with E-state index in [0.717, 1.165) is 0 Å². The minimum absolute atomic E-state index is 0.145. The van der Waals surface area contributed by atoms with Crippen molar-refractivity contribution in [2.75, 3.05) is 14.2 Å². The number of rotatable bonds is 4. The number of hydrogen-bond acceptors (Lipinski definition) is 4. The van der Waals surface area contributed by atoms with Crippen LogP contribution in [0.2, 0.25) is 0 Å². The Morgan fingerprint density at radius 3 is 2.62 bits per heavy atom. The van der Waals surface area contributed by atoms with Crippen molar-refractivity contribution in [2.45, 2.75) is 6.61 Å². The third-order valence-electron chi connectivity index (χ3n) is 2.12. The van der Waals surface area contributed by atoms with Crippen molar-refractivity contribution in [3.63, 3.8) is 0 Å². The van der Waals surface area contributed by atoms with E-state index >= 15 is 0 Å². The maximum absolute atomic E-state index is 11.5. The Balaban J connectivity index is 3.21. The summed E-state index contributed by atoms with van der Waals surface area (Å²) in [6.07, 6.45) is 1.31. The van der Waals surface area contributed by atoms with Gasteiger partial charge in [-0.15, -0.1) is 0 Å². The minimum Gasteiger partial charge on any atom is -0.503 e. The van der Waals surface area contributed by atoms with E-state index in [2.05, 4.69) is 4.74 Å².